The molecule has 0 aliphatic rings. The number of carbonyl (C=O) groups excluding carboxylic acids is 1. The van der Waals surface area contributed by atoms with Gasteiger partial charge in [0.2, 0.25) is 5.88 Å². The third kappa shape index (κ3) is 2.74. The zero-order valence-electron chi connectivity index (χ0n) is 7.65. The van der Waals surface area contributed by atoms with Crippen LogP contribution in [0.1, 0.15) is 25.3 Å². The van der Waals surface area contributed by atoms with Crippen molar-refractivity contribution in [3.8, 4) is 5.88 Å². The number of hydrogen-bond acceptors (Lipinski definition) is 3. The molecular formula is C9H12N2O2. The van der Waals surface area contributed by atoms with E-state index in [2.05, 4.69) is 9.72 Å². The van der Waals surface area contributed by atoms with E-state index in [4.69, 9.17) is 5.73 Å². The normalized spacial score (nSPS) is 10.1. The Labute approximate surface area is 76.7 Å². The molecule has 2 N–H and O–H groups in total. The van der Waals surface area contributed by atoms with Crippen LogP contribution in [0.4, 0.5) is 4.79 Å². The molecule has 1 aromatic heterocycles. The molecule has 0 saturated heterocycles. The van der Waals surface area contributed by atoms with Crippen molar-refractivity contribution >= 4 is 6.09 Å². The Hall–Kier alpha value is -1.58. The molecule has 0 saturated carbocycles. The Morgan fingerprint density at radius 3 is 2.85 bits per heavy atom. The number of nitrogens with zero attached hydrogens (tertiary/aromatic N) is 1. The number of hydrogen-bond donors (Lipinski definition) is 1. The van der Waals surface area contributed by atoms with Crippen molar-refractivity contribution in [2.75, 3.05) is 0 Å². The summed E-state index contributed by atoms with van der Waals surface area (Å²) in [5.74, 6) is 0.622. The molecule has 0 radical (unpaired) electrons. The minimum absolute atomic E-state index is 0.249. The number of nitrogens with two attached hydrogens (primary N) is 1. The van der Waals surface area contributed by atoms with Crippen LogP contribution >= 0.6 is 0 Å². The molecule has 70 valence electrons. The summed E-state index contributed by atoms with van der Waals surface area (Å²) < 4.78 is 4.63. The molecule has 0 fully saturated rings. The topological polar surface area (TPSA) is 65.2 Å². The monoisotopic (exact) mass is 180 g/mol. The number of rotatable bonds is 2. The van der Waals surface area contributed by atoms with E-state index in [1.807, 2.05) is 19.9 Å². The van der Waals surface area contributed by atoms with E-state index in [-0.39, 0.29) is 5.88 Å². The van der Waals surface area contributed by atoms with Gasteiger partial charge in [-0.2, -0.15) is 0 Å². The van der Waals surface area contributed by atoms with E-state index in [0.29, 0.717) is 5.92 Å². The van der Waals surface area contributed by atoms with Gasteiger partial charge in [-0.25, -0.2) is 9.78 Å². The lowest BCUT2D eigenvalue weighted by molar-refractivity contribution is 0.209. The lowest BCUT2D eigenvalue weighted by Gasteiger charge is -2.05. The van der Waals surface area contributed by atoms with Crippen LogP contribution < -0.4 is 10.5 Å². The zero-order valence-corrected chi connectivity index (χ0v) is 7.65. The number of pyridine rings is 1. The highest BCUT2D eigenvalue weighted by molar-refractivity contribution is 5.67. The molecule has 0 spiro atoms. The van der Waals surface area contributed by atoms with Gasteiger partial charge in [-0.1, -0.05) is 13.8 Å². The van der Waals surface area contributed by atoms with Gasteiger partial charge < -0.3 is 10.5 Å². The molecule has 0 bridgehead atoms. The van der Waals surface area contributed by atoms with Crippen molar-refractivity contribution in [2.24, 2.45) is 5.73 Å². The highest BCUT2D eigenvalue weighted by Gasteiger charge is 2.03. The van der Waals surface area contributed by atoms with E-state index in [9.17, 15) is 4.79 Å². The Balaban J connectivity index is 2.85. The van der Waals surface area contributed by atoms with Crippen LogP contribution in [0.5, 0.6) is 5.88 Å². The van der Waals surface area contributed by atoms with Crippen LogP contribution in [0, 0.1) is 0 Å². The number of aromatic nitrogens is 1. The van der Waals surface area contributed by atoms with Crippen molar-refractivity contribution in [2.45, 2.75) is 19.8 Å². The van der Waals surface area contributed by atoms with Crippen molar-refractivity contribution in [3.05, 3.63) is 23.9 Å². The molecule has 1 rings (SSSR count). The summed E-state index contributed by atoms with van der Waals surface area (Å²) in [6, 6.07) is 3.58. The summed E-state index contributed by atoms with van der Waals surface area (Å²) in [5.41, 5.74) is 5.91. The van der Waals surface area contributed by atoms with Crippen LogP contribution in [0.25, 0.3) is 0 Å². The van der Waals surface area contributed by atoms with Crippen LogP contribution in [0.15, 0.2) is 18.3 Å². The largest absolute Gasteiger partial charge is 0.411 e. The average Bonchev–Trinajstić information content (AvgIpc) is 2.03. The van der Waals surface area contributed by atoms with Crippen molar-refractivity contribution in [1.29, 1.82) is 0 Å². The third-order valence-electron chi connectivity index (χ3n) is 1.63. The molecule has 0 aliphatic heterocycles. The number of amides is 1. The lowest BCUT2D eigenvalue weighted by atomic mass is 10.1. The van der Waals surface area contributed by atoms with E-state index in [1.165, 1.54) is 0 Å². The van der Waals surface area contributed by atoms with E-state index in [0.717, 1.165) is 5.56 Å². The maximum Gasteiger partial charge on any atom is 0.411 e. The molecule has 0 unspecified atom stereocenters. The highest BCUT2D eigenvalue weighted by atomic mass is 16.6. The summed E-state index contributed by atoms with van der Waals surface area (Å²) in [4.78, 5) is 14.2. The Morgan fingerprint density at radius 1 is 1.62 bits per heavy atom. The predicted molar refractivity (Wildman–Crippen MR) is 48.5 cm³/mol. The zero-order chi connectivity index (χ0) is 9.84. The molecule has 4 nitrogen and oxygen atoms in total. The van der Waals surface area contributed by atoms with E-state index in [1.54, 1.807) is 12.3 Å². The van der Waals surface area contributed by atoms with Crippen LogP contribution in [0.3, 0.4) is 0 Å². The van der Waals surface area contributed by atoms with Gasteiger partial charge in [0.15, 0.2) is 0 Å². The van der Waals surface area contributed by atoms with E-state index < -0.39 is 6.09 Å². The second kappa shape index (κ2) is 3.89. The maximum atomic E-state index is 10.4. The van der Waals surface area contributed by atoms with Gasteiger partial charge in [0.25, 0.3) is 0 Å². The second-order valence-electron chi connectivity index (χ2n) is 3.00. The fraction of sp³-hybridized carbons (Fsp3) is 0.333. The fourth-order valence-corrected chi connectivity index (χ4v) is 0.943. The first-order valence-electron chi connectivity index (χ1n) is 4.03. The highest BCUT2D eigenvalue weighted by Crippen LogP contribution is 2.17. The summed E-state index contributed by atoms with van der Waals surface area (Å²) in [5, 5.41) is 0. The smallest absolute Gasteiger partial charge is 0.391 e. The molecule has 0 aromatic carbocycles. The number of ether oxygens (including phenoxy) is 1. The second-order valence-corrected chi connectivity index (χ2v) is 3.00. The van der Waals surface area contributed by atoms with Crippen LogP contribution in [-0.4, -0.2) is 11.1 Å². The SMILES string of the molecule is CC(C)c1ccnc(OC(N)=O)c1. The van der Waals surface area contributed by atoms with Crippen LogP contribution in [-0.2, 0) is 0 Å². The summed E-state index contributed by atoms with van der Waals surface area (Å²) >= 11 is 0. The third-order valence-corrected chi connectivity index (χ3v) is 1.63. The van der Waals surface area contributed by atoms with E-state index >= 15 is 0 Å². The first-order valence-corrected chi connectivity index (χ1v) is 4.03. The van der Waals surface area contributed by atoms with Gasteiger partial charge in [-0.15, -0.1) is 0 Å². The van der Waals surface area contributed by atoms with Gasteiger partial charge >= 0.3 is 6.09 Å². The summed E-state index contributed by atoms with van der Waals surface area (Å²) in [7, 11) is 0. The molecule has 1 heterocycles. The molecule has 13 heavy (non-hydrogen) atoms. The molecule has 1 amide bonds. The van der Waals surface area contributed by atoms with Gasteiger partial charge in [-0.05, 0) is 17.5 Å². The van der Waals surface area contributed by atoms with Gasteiger partial charge in [0.05, 0.1) is 0 Å². The van der Waals surface area contributed by atoms with Gasteiger partial charge in [-0.3, -0.25) is 0 Å². The Bertz CT molecular complexity index is 310. The molecule has 0 aliphatic carbocycles. The summed E-state index contributed by atoms with van der Waals surface area (Å²) in [6.07, 6.45) is 0.751. The Kier molecular flexibility index (Phi) is 2.84. The fourth-order valence-electron chi connectivity index (χ4n) is 0.943. The molecule has 1 aromatic rings. The van der Waals surface area contributed by atoms with Crippen molar-refractivity contribution < 1.29 is 9.53 Å². The first kappa shape index (κ1) is 9.51. The maximum absolute atomic E-state index is 10.4. The van der Waals surface area contributed by atoms with Crippen molar-refractivity contribution in [3.63, 3.8) is 0 Å². The molecular weight excluding hydrogens is 168 g/mol. The number of primary amides is 1. The van der Waals surface area contributed by atoms with Crippen molar-refractivity contribution in [1.82, 2.24) is 4.98 Å². The molecule has 0 atom stereocenters. The standard InChI is InChI=1S/C9H12N2O2/c1-6(2)7-3-4-11-8(5-7)13-9(10)12/h3-6H,1-2H3,(H2,10,12). The predicted octanol–water partition coefficient (Wildman–Crippen LogP) is 1.66. The number of carbonyl (C=O) groups is 1. The minimum atomic E-state index is -0.839. The lowest BCUT2D eigenvalue weighted by Crippen LogP contribution is -2.17. The minimum Gasteiger partial charge on any atom is -0.391 e. The van der Waals surface area contributed by atoms with Gasteiger partial charge in [0.1, 0.15) is 0 Å². The molecule has 4 heteroatoms. The summed E-state index contributed by atoms with van der Waals surface area (Å²) in [6.45, 7) is 4.09. The quantitative estimate of drug-likeness (QED) is 0.752. The van der Waals surface area contributed by atoms with Crippen LogP contribution in [0.2, 0.25) is 0 Å². The van der Waals surface area contributed by atoms with Gasteiger partial charge in [0, 0.05) is 12.3 Å². The Morgan fingerprint density at radius 2 is 2.31 bits per heavy atom. The average molecular weight is 180 g/mol. The first-order chi connectivity index (χ1) is 6.09.